The molecule has 1 aromatic carbocycles. The molecule has 3 nitrogen and oxygen atoms in total. The number of aryl methyl sites for hydroxylation is 1. The van der Waals surface area contributed by atoms with E-state index in [4.69, 9.17) is 10.8 Å². The van der Waals surface area contributed by atoms with Gasteiger partial charge < -0.3 is 15.9 Å². The third kappa shape index (κ3) is 3.36. The molecule has 0 aliphatic rings. The summed E-state index contributed by atoms with van der Waals surface area (Å²) < 4.78 is 0. The highest BCUT2D eigenvalue weighted by molar-refractivity contribution is 5.26. The fourth-order valence-electron chi connectivity index (χ4n) is 1.18. The maximum atomic E-state index is 9.66. The minimum absolute atomic E-state index is 0.263. The summed E-state index contributed by atoms with van der Waals surface area (Å²) in [6.45, 7) is 2.00. The van der Waals surface area contributed by atoms with Gasteiger partial charge in [0.25, 0.3) is 0 Å². The lowest BCUT2D eigenvalue weighted by Crippen LogP contribution is -2.34. The molecule has 1 unspecified atom stereocenters. The van der Waals surface area contributed by atoms with Gasteiger partial charge in [0.1, 0.15) is 5.75 Å². The van der Waals surface area contributed by atoms with Crippen molar-refractivity contribution < 1.29 is 10.2 Å². The Hall–Kier alpha value is -1.06. The van der Waals surface area contributed by atoms with Crippen LogP contribution in [0.25, 0.3) is 0 Å². The Morgan fingerprint density at radius 2 is 1.86 bits per heavy atom. The molecule has 0 spiro atoms. The molecule has 0 bridgehead atoms. The van der Waals surface area contributed by atoms with Crippen molar-refractivity contribution >= 4 is 0 Å². The van der Waals surface area contributed by atoms with Crippen molar-refractivity contribution in [2.24, 2.45) is 5.73 Å². The topological polar surface area (TPSA) is 66.5 Å². The molecule has 1 rings (SSSR count). The van der Waals surface area contributed by atoms with E-state index in [-0.39, 0.29) is 12.3 Å². The number of aliphatic hydroxyl groups is 1. The minimum Gasteiger partial charge on any atom is -0.508 e. The summed E-state index contributed by atoms with van der Waals surface area (Å²) in [6, 6.07) is 6.99. The molecule has 0 heterocycles. The van der Waals surface area contributed by atoms with Crippen molar-refractivity contribution in [3.05, 3.63) is 29.8 Å². The van der Waals surface area contributed by atoms with Crippen LogP contribution in [0.2, 0.25) is 0 Å². The highest BCUT2D eigenvalue weighted by Crippen LogP contribution is 2.15. The standard InChI is InChI=1S/C11H17NO2/c1-11(14,8-12)7-6-9-2-4-10(13)5-3-9/h2-5,13-14H,6-8,12H2,1H3. The number of aromatic hydroxyl groups is 1. The Bertz CT molecular complexity index is 280. The molecule has 14 heavy (non-hydrogen) atoms. The number of hydrogen-bond donors (Lipinski definition) is 3. The normalized spacial score (nSPS) is 15.1. The first-order valence-corrected chi connectivity index (χ1v) is 4.74. The van der Waals surface area contributed by atoms with Crippen LogP contribution in [0.5, 0.6) is 5.75 Å². The molecule has 1 aromatic rings. The van der Waals surface area contributed by atoms with Gasteiger partial charge in [-0.2, -0.15) is 0 Å². The molecule has 0 aromatic heterocycles. The summed E-state index contributed by atoms with van der Waals surface area (Å²) in [7, 11) is 0. The van der Waals surface area contributed by atoms with Gasteiger partial charge in [0.15, 0.2) is 0 Å². The average Bonchev–Trinajstić information content (AvgIpc) is 2.17. The molecule has 0 amide bonds. The average molecular weight is 195 g/mol. The van der Waals surface area contributed by atoms with E-state index in [1.54, 1.807) is 19.1 Å². The minimum atomic E-state index is -0.794. The second kappa shape index (κ2) is 4.44. The van der Waals surface area contributed by atoms with Crippen LogP contribution in [-0.2, 0) is 6.42 Å². The van der Waals surface area contributed by atoms with E-state index in [0.29, 0.717) is 6.42 Å². The first-order chi connectivity index (χ1) is 6.53. The Kier molecular flexibility index (Phi) is 3.49. The largest absolute Gasteiger partial charge is 0.508 e. The van der Waals surface area contributed by atoms with Crippen LogP contribution in [-0.4, -0.2) is 22.4 Å². The first-order valence-electron chi connectivity index (χ1n) is 4.74. The van der Waals surface area contributed by atoms with Gasteiger partial charge in [0, 0.05) is 6.54 Å². The van der Waals surface area contributed by atoms with Gasteiger partial charge in [-0.3, -0.25) is 0 Å². The van der Waals surface area contributed by atoms with Gasteiger partial charge in [-0.1, -0.05) is 12.1 Å². The fourth-order valence-corrected chi connectivity index (χ4v) is 1.18. The van der Waals surface area contributed by atoms with Crippen LogP contribution in [0.3, 0.4) is 0 Å². The van der Waals surface area contributed by atoms with E-state index in [1.807, 2.05) is 12.1 Å². The molecule has 4 N–H and O–H groups in total. The van der Waals surface area contributed by atoms with E-state index in [0.717, 1.165) is 12.0 Å². The quantitative estimate of drug-likeness (QED) is 0.672. The van der Waals surface area contributed by atoms with Gasteiger partial charge in [0.2, 0.25) is 0 Å². The van der Waals surface area contributed by atoms with E-state index in [9.17, 15) is 5.11 Å². The SMILES string of the molecule is CC(O)(CN)CCc1ccc(O)cc1. The van der Waals surface area contributed by atoms with Gasteiger partial charge in [-0.05, 0) is 37.5 Å². The van der Waals surface area contributed by atoms with E-state index in [2.05, 4.69) is 0 Å². The van der Waals surface area contributed by atoms with E-state index >= 15 is 0 Å². The van der Waals surface area contributed by atoms with Gasteiger partial charge >= 0.3 is 0 Å². The molecule has 78 valence electrons. The van der Waals surface area contributed by atoms with E-state index in [1.165, 1.54) is 0 Å². The predicted octanol–water partition coefficient (Wildman–Crippen LogP) is 1.03. The van der Waals surface area contributed by atoms with Crippen LogP contribution < -0.4 is 5.73 Å². The van der Waals surface area contributed by atoms with Crippen molar-refractivity contribution in [2.75, 3.05) is 6.54 Å². The van der Waals surface area contributed by atoms with Crippen molar-refractivity contribution in [1.82, 2.24) is 0 Å². The lowest BCUT2D eigenvalue weighted by Gasteiger charge is -2.20. The summed E-state index contributed by atoms with van der Waals surface area (Å²) in [5, 5.41) is 18.7. The van der Waals surface area contributed by atoms with Gasteiger partial charge in [-0.25, -0.2) is 0 Å². The molecular formula is C11H17NO2. The van der Waals surface area contributed by atoms with E-state index < -0.39 is 5.60 Å². The van der Waals surface area contributed by atoms with Crippen molar-refractivity contribution in [3.8, 4) is 5.75 Å². The summed E-state index contributed by atoms with van der Waals surface area (Å²) in [5.41, 5.74) is 5.70. The molecule has 0 fully saturated rings. The molecule has 3 heteroatoms. The second-order valence-corrected chi connectivity index (χ2v) is 3.87. The molecule has 1 atom stereocenters. The third-order valence-corrected chi connectivity index (χ3v) is 2.33. The Balaban J connectivity index is 2.50. The molecule has 0 aliphatic heterocycles. The van der Waals surface area contributed by atoms with Gasteiger partial charge in [0.05, 0.1) is 5.60 Å². The summed E-state index contributed by atoms with van der Waals surface area (Å²) in [5.74, 6) is 0.263. The molecular weight excluding hydrogens is 178 g/mol. The second-order valence-electron chi connectivity index (χ2n) is 3.87. The van der Waals surface area contributed by atoms with Crippen molar-refractivity contribution in [3.63, 3.8) is 0 Å². The van der Waals surface area contributed by atoms with Crippen molar-refractivity contribution in [2.45, 2.75) is 25.4 Å². The smallest absolute Gasteiger partial charge is 0.115 e. The molecule has 0 radical (unpaired) electrons. The van der Waals surface area contributed by atoms with Crippen LogP contribution in [0.15, 0.2) is 24.3 Å². The zero-order chi connectivity index (χ0) is 10.6. The molecule has 0 aliphatic carbocycles. The summed E-state index contributed by atoms with van der Waals surface area (Å²) >= 11 is 0. The Morgan fingerprint density at radius 1 is 1.29 bits per heavy atom. The number of nitrogens with two attached hydrogens (primary N) is 1. The van der Waals surface area contributed by atoms with Crippen molar-refractivity contribution in [1.29, 1.82) is 0 Å². The van der Waals surface area contributed by atoms with Crippen LogP contribution in [0.4, 0.5) is 0 Å². The lowest BCUT2D eigenvalue weighted by atomic mass is 9.97. The highest BCUT2D eigenvalue weighted by atomic mass is 16.3. The monoisotopic (exact) mass is 195 g/mol. The number of phenolic OH excluding ortho intramolecular Hbond substituents is 1. The molecule has 0 saturated heterocycles. The Morgan fingerprint density at radius 3 is 2.36 bits per heavy atom. The Labute approximate surface area is 84.2 Å². The lowest BCUT2D eigenvalue weighted by molar-refractivity contribution is 0.0603. The third-order valence-electron chi connectivity index (χ3n) is 2.33. The summed E-state index contributed by atoms with van der Waals surface area (Å²) in [6.07, 6.45) is 1.40. The van der Waals surface area contributed by atoms with Crippen LogP contribution in [0.1, 0.15) is 18.9 Å². The number of hydrogen-bond acceptors (Lipinski definition) is 3. The number of benzene rings is 1. The van der Waals surface area contributed by atoms with Gasteiger partial charge in [-0.15, -0.1) is 0 Å². The summed E-state index contributed by atoms with van der Waals surface area (Å²) in [4.78, 5) is 0. The van der Waals surface area contributed by atoms with Crippen LogP contribution in [0, 0.1) is 0 Å². The maximum absolute atomic E-state index is 9.66. The molecule has 0 saturated carbocycles. The van der Waals surface area contributed by atoms with Crippen LogP contribution >= 0.6 is 0 Å². The number of phenols is 1. The fraction of sp³-hybridized carbons (Fsp3) is 0.455. The number of rotatable bonds is 4. The zero-order valence-corrected chi connectivity index (χ0v) is 8.40. The predicted molar refractivity (Wildman–Crippen MR) is 56.1 cm³/mol. The highest BCUT2D eigenvalue weighted by Gasteiger charge is 2.17. The zero-order valence-electron chi connectivity index (χ0n) is 8.40. The first kappa shape index (κ1) is 11.0. The maximum Gasteiger partial charge on any atom is 0.115 e.